The minimum absolute atomic E-state index is 0.117. The van der Waals surface area contributed by atoms with Gasteiger partial charge in [-0.15, -0.1) is 0 Å². The molecular formula is C14H19FN2O2. The van der Waals surface area contributed by atoms with Crippen LogP contribution in [-0.2, 0) is 4.74 Å². The van der Waals surface area contributed by atoms with Gasteiger partial charge in [0.05, 0.1) is 5.56 Å². The number of hydrogen-bond donors (Lipinski definition) is 1. The molecular weight excluding hydrogens is 247 g/mol. The van der Waals surface area contributed by atoms with Crippen molar-refractivity contribution in [1.82, 2.24) is 4.90 Å². The molecule has 1 aromatic carbocycles. The van der Waals surface area contributed by atoms with Crippen LogP contribution >= 0.6 is 0 Å². The number of rotatable bonds is 3. The maximum absolute atomic E-state index is 13.0. The van der Waals surface area contributed by atoms with Crippen LogP contribution in [0, 0.1) is 11.7 Å². The van der Waals surface area contributed by atoms with E-state index >= 15 is 0 Å². The molecule has 0 unspecified atom stereocenters. The third kappa shape index (κ3) is 3.23. The third-order valence-electron chi connectivity index (χ3n) is 3.55. The highest BCUT2D eigenvalue weighted by molar-refractivity contribution is 5.99. The number of likely N-dealkylation sites (tertiary alicyclic amines) is 1. The zero-order valence-electron chi connectivity index (χ0n) is 11.1. The summed E-state index contributed by atoms with van der Waals surface area (Å²) in [6, 6.07) is 3.90. The predicted molar refractivity (Wildman–Crippen MR) is 71.3 cm³/mol. The Bertz CT molecular complexity index is 457. The highest BCUT2D eigenvalue weighted by Crippen LogP contribution is 2.21. The second-order valence-corrected chi connectivity index (χ2v) is 4.92. The smallest absolute Gasteiger partial charge is 0.255 e. The molecule has 4 nitrogen and oxygen atoms in total. The second kappa shape index (κ2) is 6.02. The molecule has 1 aliphatic heterocycles. The van der Waals surface area contributed by atoms with E-state index in [0.717, 1.165) is 19.4 Å². The number of anilines is 1. The number of benzene rings is 1. The van der Waals surface area contributed by atoms with Gasteiger partial charge >= 0.3 is 0 Å². The van der Waals surface area contributed by atoms with E-state index in [9.17, 15) is 9.18 Å². The van der Waals surface area contributed by atoms with E-state index < -0.39 is 5.82 Å². The number of carbonyl (C=O) groups excluding carboxylic acids is 1. The van der Waals surface area contributed by atoms with Crippen LogP contribution in [0.25, 0.3) is 0 Å². The van der Waals surface area contributed by atoms with Gasteiger partial charge in [0, 0.05) is 32.5 Å². The van der Waals surface area contributed by atoms with Crippen LogP contribution in [0.15, 0.2) is 18.2 Å². The lowest BCUT2D eigenvalue weighted by molar-refractivity contribution is 0.0614. The van der Waals surface area contributed by atoms with Crippen molar-refractivity contribution in [2.24, 2.45) is 5.92 Å². The van der Waals surface area contributed by atoms with Crippen molar-refractivity contribution < 1.29 is 13.9 Å². The highest BCUT2D eigenvalue weighted by Gasteiger charge is 2.24. The Labute approximate surface area is 112 Å². The van der Waals surface area contributed by atoms with Crippen molar-refractivity contribution in [3.05, 3.63) is 29.6 Å². The fourth-order valence-electron chi connectivity index (χ4n) is 2.44. The van der Waals surface area contributed by atoms with Gasteiger partial charge in [0.1, 0.15) is 5.82 Å². The summed E-state index contributed by atoms with van der Waals surface area (Å²) in [4.78, 5) is 14.1. The zero-order valence-corrected chi connectivity index (χ0v) is 11.1. The Morgan fingerprint density at radius 2 is 2.16 bits per heavy atom. The Hall–Kier alpha value is -1.62. The van der Waals surface area contributed by atoms with Crippen LogP contribution in [0.2, 0.25) is 0 Å². The summed E-state index contributed by atoms with van der Waals surface area (Å²) >= 11 is 0. The molecule has 0 spiro atoms. The number of nitrogens with two attached hydrogens (primary N) is 1. The molecule has 0 saturated carbocycles. The first kappa shape index (κ1) is 13.8. The molecule has 1 aliphatic rings. The van der Waals surface area contributed by atoms with E-state index in [4.69, 9.17) is 10.5 Å². The van der Waals surface area contributed by atoms with Gasteiger partial charge in [-0.2, -0.15) is 0 Å². The molecule has 0 radical (unpaired) electrons. The molecule has 0 aliphatic carbocycles. The predicted octanol–water partition coefficient (Wildman–Crippen LogP) is 1.91. The molecule has 1 amide bonds. The van der Waals surface area contributed by atoms with Crippen LogP contribution in [0.3, 0.4) is 0 Å². The Morgan fingerprint density at radius 3 is 2.74 bits per heavy atom. The van der Waals surface area contributed by atoms with Crippen LogP contribution in [0.1, 0.15) is 23.2 Å². The number of hydrogen-bond acceptors (Lipinski definition) is 3. The normalized spacial score (nSPS) is 16.6. The van der Waals surface area contributed by atoms with Gasteiger partial charge in [-0.3, -0.25) is 4.79 Å². The number of ether oxygens (including phenoxy) is 1. The first-order valence-electron chi connectivity index (χ1n) is 6.45. The van der Waals surface area contributed by atoms with E-state index in [1.54, 1.807) is 12.0 Å². The maximum atomic E-state index is 13.0. The van der Waals surface area contributed by atoms with Crippen LogP contribution in [-0.4, -0.2) is 37.6 Å². The number of amides is 1. The fraction of sp³-hybridized carbons (Fsp3) is 0.500. The van der Waals surface area contributed by atoms with Crippen molar-refractivity contribution in [1.29, 1.82) is 0 Å². The number of carbonyl (C=O) groups is 1. The monoisotopic (exact) mass is 266 g/mol. The van der Waals surface area contributed by atoms with Crippen molar-refractivity contribution in [3.8, 4) is 0 Å². The highest BCUT2D eigenvalue weighted by atomic mass is 19.1. The molecule has 1 fully saturated rings. The van der Waals surface area contributed by atoms with Gasteiger partial charge in [-0.05, 0) is 37.0 Å². The van der Waals surface area contributed by atoms with Gasteiger partial charge in [-0.25, -0.2) is 4.39 Å². The standard InChI is InChI=1S/C14H19FN2O2/c1-19-9-10-4-6-17(7-5-10)14(18)12-3-2-11(15)8-13(12)16/h2-3,8,10H,4-7,9,16H2,1H3. The number of halogens is 1. The zero-order chi connectivity index (χ0) is 13.8. The van der Waals surface area contributed by atoms with Crippen molar-refractivity contribution in [3.63, 3.8) is 0 Å². The quantitative estimate of drug-likeness (QED) is 0.850. The first-order chi connectivity index (χ1) is 9.11. The molecule has 0 aromatic heterocycles. The minimum atomic E-state index is -0.423. The molecule has 1 heterocycles. The number of methoxy groups -OCH3 is 1. The molecule has 2 N–H and O–H groups in total. The van der Waals surface area contributed by atoms with E-state index in [0.29, 0.717) is 24.6 Å². The lowest BCUT2D eigenvalue weighted by atomic mass is 9.97. The Kier molecular flexibility index (Phi) is 4.37. The number of piperidine rings is 1. The van der Waals surface area contributed by atoms with E-state index in [1.165, 1.54) is 18.2 Å². The fourth-order valence-corrected chi connectivity index (χ4v) is 2.44. The van der Waals surface area contributed by atoms with E-state index in [1.807, 2.05) is 0 Å². The largest absolute Gasteiger partial charge is 0.398 e. The molecule has 0 atom stereocenters. The average Bonchev–Trinajstić information content (AvgIpc) is 2.39. The van der Waals surface area contributed by atoms with Crippen molar-refractivity contribution in [2.45, 2.75) is 12.8 Å². The van der Waals surface area contributed by atoms with Gasteiger partial charge < -0.3 is 15.4 Å². The summed E-state index contributed by atoms with van der Waals surface area (Å²) in [5.41, 5.74) is 6.28. The first-order valence-corrected chi connectivity index (χ1v) is 6.45. The SMILES string of the molecule is COCC1CCN(C(=O)c2ccc(F)cc2N)CC1. The molecule has 1 saturated heterocycles. The topological polar surface area (TPSA) is 55.6 Å². The minimum Gasteiger partial charge on any atom is -0.398 e. The maximum Gasteiger partial charge on any atom is 0.255 e. The van der Waals surface area contributed by atoms with Crippen molar-refractivity contribution >= 4 is 11.6 Å². The van der Waals surface area contributed by atoms with E-state index in [2.05, 4.69) is 0 Å². The lowest BCUT2D eigenvalue weighted by Crippen LogP contribution is -2.39. The van der Waals surface area contributed by atoms with Gasteiger partial charge in [0.15, 0.2) is 0 Å². The number of nitrogen functional groups attached to an aromatic ring is 1. The summed E-state index contributed by atoms with van der Waals surface area (Å²) in [5.74, 6) is -0.0270. The second-order valence-electron chi connectivity index (χ2n) is 4.92. The Morgan fingerprint density at radius 1 is 1.47 bits per heavy atom. The summed E-state index contributed by atoms with van der Waals surface area (Å²) in [6.07, 6.45) is 1.86. The van der Waals surface area contributed by atoms with E-state index in [-0.39, 0.29) is 11.6 Å². The number of nitrogens with zero attached hydrogens (tertiary/aromatic N) is 1. The van der Waals surface area contributed by atoms with Crippen LogP contribution in [0.5, 0.6) is 0 Å². The average molecular weight is 266 g/mol. The summed E-state index contributed by atoms with van der Waals surface area (Å²) < 4.78 is 18.1. The summed E-state index contributed by atoms with van der Waals surface area (Å²) in [7, 11) is 1.69. The lowest BCUT2D eigenvalue weighted by Gasteiger charge is -2.32. The molecule has 2 rings (SSSR count). The van der Waals surface area contributed by atoms with Gasteiger partial charge in [-0.1, -0.05) is 0 Å². The molecule has 1 aromatic rings. The molecule has 5 heteroatoms. The van der Waals surface area contributed by atoms with Gasteiger partial charge in [0.25, 0.3) is 5.91 Å². The summed E-state index contributed by atoms with van der Waals surface area (Å²) in [5, 5.41) is 0. The van der Waals surface area contributed by atoms with Crippen molar-refractivity contribution in [2.75, 3.05) is 32.5 Å². The molecule has 104 valence electrons. The van der Waals surface area contributed by atoms with Crippen LogP contribution in [0.4, 0.5) is 10.1 Å². The van der Waals surface area contributed by atoms with Crippen LogP contribution < -0.4 is 5.73 Å². The summed E-state index contributed by atoms with van der Waals surface area (Å²) in [6.45, 7) is 2.13. The third-order valence-corrected chi connectivity index (χ3v) is 3.55. The molecule has 0 bridgehead atoms. The van der Waals surface area contributed by atoms with Gasteiger partial charge in [0.2, 0.25) is 0 Å². The Balaban J connectivity index is 2.01. The molecule has 19 heavy (non-hydrogen) atoms.